The first-order valence-corrected chi connectivity index (χ1v) is 3.48. The van der Waals surface area contributed by atoms with E-state index in [9.17, 15) is 4.79 Å². The van der Waals surface area contributed by atoms with Crippen LogP contribution in [-0.4, -0.2) is 25.8 Å². The summed E-state index contributed by atoms with van der Waals surface area (Å²) in [5, 5.41) is 0. The first-order valence-electron chi connectivity index (χ1n) is 3.48. The number of carbonyl (C=O) groups is 1. The lowest BCUT2D eigenvalue weighted by Gasteiger charge is -1.95. The van der Waals surface area contributed by atoms with Crippen LogP contribution in [0.15, 0.2) is 12.5 Å². The highest BCUT2D eigenvalue weighted by Crippen LogP contribution is 2.03. The molecule has 2 heterocycles. The van der Waals surface area contributed by atoms with Crippen molar-refractivity contribution < 1.29 is 4.79 Å². The Hall–Kier alpha value is -2.02. The summed E-state index contributed by atoms with van der Waals surface area (Å²) in [5.41, 5.74) is 3.05. The quantitative estimate of drug-likeness (QED) is 0.293. The van der Waals surface area contributed by atoms with Gasteiger partial charge in [0.25, 0.3) is 0 Å². The van der Waals surface area contributed by atoms with E-state index in [1.807, 2.05) is 5.43 Å². The van der Waals surface area contributed by atoms with Crippen LogP contribution < -0.4 is 11.3 Å². The molecule has 1 amide bonds. The van der Waals surface area contributed by atoms with Crippen molar-refractivity contribution in [3.63, 3.8) is 0 Å². The fourth-order valence-electron chi connectivity index (χ4n) is 0.910. The third-order valence-corrected chi connectivity index (χ3v) is 1.51. The Morgan fingerprint density at radius 1 is 1.54 bits per heavy atom. The number of rotatable bonds is 1. The number of imidazole rings is 1. The highest BCUT2D eigenvalue weighted by atomic mass is 16.2. The molecule has 2 aromatic heterocycles. The second-order valence-electron chi connectivity index (χ2n) is 2.31. The summed E-state index contributed by atoms with van der Waals surface area (Å²) in [5.74, 6) is 4.38. The van der Waals surface area contributed by atoms with E-state index in [4.69, 9.17) is 5.84 Å². The summed E-state index contributed by atoms with van der Waals surface area (Å²) < 4.78 is 0. The number of nitrogens with one attached hydrogen (secondary N) is 2. The summed E-state index contributed by atoms with van der Waals surface area (Å²) >= 11 is 0. The van der Waals surface area contributed by atoms with Crippen LogP contribution in [0, 0.1) is 0 Å². The van der Waals surface area contributed by atoms with Gasteiger partial charge in [-0.2, -0.15) is 0 Å². The van der Waals surface area contributed by atoms with Gasteiger partial charge in [0, 0.05) is 0 Å². The number of aromatic amines is 1. The highest BCUT2D eigenvalue weighted by molar-refractivity contribution is 5.91. The Kier molecular flexibility index (Phi) is 1.64. The average molecular weight is 178 g/mol. The first-order chi connectivity index (χ1) is 6.31. The van der Waals surface area contributed by atoms with Crippen LogP contribution in [0.25, 0.3) is 11.2 Å². The molecule has 0 aromatic carbocycles. The van der Waals surface area contributed by atoms with Gasteiger partial charge in [0.05, 0.1) is 12.5 Å². The van der Waals surface area contributed by atoms with Crippen LogP contribution in [0.5, 0.6) is 0 Å². The van der Waals surface area contributed by atoms with E-state index in [0.29, 0.717) is 11.2 Å². The molecular formula is C6H6N6O. The minimum Gasteiger partial charge on any atom is -0.342 e. The van der Waals surface area contributed by atoms with Crippen molar-refractivity contribution in [2.45, 2.75) is 0 Å². The first kappa shape index (κ1) is 7.62. The minimum atomic E-state index is -0.537. The molecule has 0 saturated carbocycles. The number of H-pyrrole nitrogens is 1. The minimum absolute atomic E-state index is 0.00194. The number of nitrogen functional groups attached to an aromatic ring is 1. The third-order valence-electron chi connectivity index (χ3n) is 1.51. The second kappa shape index (κ2) is 2.79. The van der Waals surface area contributed by atoms with Crippen LogP contribution >= 0.6 is 0 Å². The van der Waals surface area contributed by atoms with E-state index in [2.05, 4.69) is 19.9 Å². The zero-order valence-corrected chi connectivity index (χ0v) is 6.48. The van der Waals surface area contributed by atoms with Gasteiger partial charge in [-0.15, -0.1) is 0 Å². The highest BCUT2D eigenvalue weighted by Gasteiger charge is 2.08. The van der Waals surface area contributed by atoms with Crippen LogP contribution in [-0.2, 0) is 0 Å². The van der Waals surface area contributed by atoms with Crippen molar-refractivity contribution in [2.75, 3.05) is 0 Å². The second-order valence-corrected chi connectivity index (χ2v) is 2.31. The third kappa shape index (κ3) is 1.20. The van der Waals surface area contributed by atoms with Crippen LogP contribution in [0.3, 0.4) is 0 Å². The summed E-state index contributed by atoms with van der Waals surface area (Å²) in [6, 6.07) is 0. The van der Waals surface area contributed by atoms with Crippen molar-refractivity contribution in [2.24, 2.45) is 5.84 Å². The average Bonchev–Trinajstić information content (AvgIpc) is 2.63. The lowest BCUT2D eigenvalue weighted by atomic mass is 10.5. The Bertz CT molecular complexity index is 449. The Balaban J connectivity index is 2.54. The molecule has 66 valence electrons. The van der Waals surface area contributed by atoms with Crippen molar-refractivity contribution in [1.82, 2.24) is 25.4 Å². The van der Waals surface area contributed by atoms with Crippen molar-refractivity contribution in [3.8, 4) is 0 Å². The molecule has 7 heteroatoms. The molecule has 0 aliphatic heterocycles. The Morgan fingerprint density at radius 2 is 2.38 bits per heavy atom. The molecule has 0 unspecified atom stereocenters. The number of aromatic nitrogens is 4. The van der Waals surface area contributed by atoms with Crippen molar-refractivity contribution in [1.29, 1.82) is 0 Å². The maximum absolute atomic E-state index is 11.0. The van der Waals surface area contributed by atoms with Crippen molar-refractivity contribution >= 4 is 17.1 Å². The summed E-state index contributed by atoms with van der Waals surface area (Å²) in [6.07, 6.45) is 2.95. The van der Waals surface area contributed by atoms with Gasteiger partial charge in [-0.1, -0.05) is 0 Å². The van der Waals surface area contributed by atoms with Gasteiger partial charge in [-0.3, -0.25) is 10.2 Å². The van der Waals surface area contributed by atoms with Gasteiger partial charge >= 0.3 is 5.91 Å². The van der Waals surface area contributed by atoms with Gasteiger partial charge in [-0.25, -0.2) is 20.8 Å². The number of hydrogen-bond acceptors (Lipinski definition) is 5. The Morgan fingerprint density at radius 3 is 3.15 bits per heavy atom. The molecule has 2 aromatic rings. The molecular weight excluding hydrogens is 172 g/mol. The number of amides is 1. The number of nitrogens with zero attached hydrogens (tertiary/aromatic N) is 3. The summed E-state index contributed by atoms with van der Waals surface area (Å²) in [7, 11) is 0. The van der Waals surface area contributed by atoms with E-state index < -0.39 is 5.91 Å². The predicted molar refractivity (Wildman–Crippen MR) is 43.3 cm³/mol. The topological polar surface area (TPSA) is 110 Å². The summed E-state index contributed by atoms with van der Waals surface area (Å²) in [4.78, 5) is 25.3. The summed E-state index contributed by atoms with van der Waals surface area (Å²) in [6.45, 7) is 0. The molecule has 0 aliphatic rings. The van der Waals surface area contributed by atoms with Gasteiger partial charge in [-0.05, 0) is 0 Å². The maximum Gasteiger partial charge on any atom is 0.303 e. The zero-order valence-electron chi connectivity index (χ0n) is 6.48. The predicted octanol–water partition coefficient (Wildman–Crippen LogP) is -1.04. The van der Waals surface area contributed by atoms with E-state index in [0.717, 1.165) is 0 Å². The molecule has 4 N–H and O–H groups in total. The molecule has 2 rings (SSSR count). The normalized spacial score (nSPS) is 10.2. The van der Waals surface area contributed by atoms with E-state index in [1.165, 1.54) is 12.5 Å². The monoisotopic (exact) mass is 178 g/mol. The molecule has 13 heavy (non-hydrogen) atoms. The molecule has 7 nitrogen and oxygen atoms in total. The number of nitrogens with two attached hydrogens (primary N) is 1. The lowest BCUT2D eigenvalue weighted by molar-refractivity contribution is 0.0943. The van der Waals surface area contributed by atoms with Gasteiger partial charge in [0.15, 0.2) is 5.65 Å². The number of hydrogen-bond donors (Lipinski definition) is 3. The Labute approximate surface area is 72.4 Å². The van der Waals surface area contributed by atoms with Crippen LogP contribution in [0.4, 0.5) is 0 Å². The molecule has 0 aliphatic carbocycles. The maximum atomic E-state index is 11.0. The van der Waals surface area contributed by atoms with E-state index >= 15 is 0 Å². The van der Waals surface area contributed by atoms with Gasteiger partial charge in [0.2, 0.25) is 5.82 Å². The molecule has 0 spiro atoms. The van der Waals surface area contributed by atoms with Gasteiger partial charge in [0.1, 0.15) is 5.52 Å². The fraction of sp³-hybridized carbons (Fsp3) is 0. The van der Waals surface area contributed by atoms with E-state index in [1.54, 1.807) is 0 Å². The molecule has 0 atom stereocenters. The molecule has 0 bridgehead atoms. The number of carbonyl (C=O) groups excluding carboxylic acids is 1. The van der Waals surface area contributed by atoms with E-state index in [-0.39, 0.29) is 5.82 Å². The van der Waals surface area contributed by atoms with Crippen molar-refractivity contribution in [3.05, 3.63) is 18.3 Å². The zero-order chi connectivity index (χ0) is 9.26. The number of hydrazine groups is 1. The molecule has 0 radical (unpaired) electrons. The van der Waals surface area contributed by atoms with Crippen LogP contribution in [0.1, 0.15) is 10.6 Å². The van der Waals surface area contributed by atoms with Crippen LogP contribution in [0.2, 0.25) is 0 Å². The largest absolute Gasteiger partial charge is 0.342 e. The number of fused-ring (bicyclic) bond motifs is 1. The lowest BCUT2D eigenvalue weighted by Crippen LogP contribution is -2.31. The molecule has 0 saturated heterocycles. The smallest absolute Gasteiger partial charge is 0.303 e. The standard InChI is InChI=1S/C6H6N6O/c7-12-6(13)5-8-1-3-4(11-5)10-2-9-3/h1-2H,7H2,(H,12,13)(H,8,9,10,11). The SMILES string of the molecule is NNC(=O)c1ncc2[nH]cnc2n1. The fourth-order valence-corrected chi connectivity index (χ4v) is 0.910. The van der Waals surface area contributed by atoms with Gasteiger partial charge < -0.3 is 4.98 Å². The molecule has 0 fully saturated rings.